The average Bonchev–Trinajstić information content (AvgIpc) is 2.77. The van der Waals surface area contributed by atoms with E-state index in [-0.39, 0.29) is 30.4 Å². The highest BCUT2D eigenvalue weighted by Crippen LogP contribution is 2.27. The molecular formula is C22H35N5O5S. The lowest BCUT2D eigenvalue weighted by molar-refractivity contribution is -0.145. The van der Waals surface area contributed by atoms with E-state index in [1.54, 1.807) is 12.1 Å². The number of amides is 1. The van der Waals surface area contributed by atoms with Crippen molar-refractivity contribution in [2.75, 3.05) is 19.6 Å². The van der Waals surface area contributed by atoms with Crippen LogP contribution in [-0.4, -0.2) is 61.9 Å². The second-order valence-electron chi connectivity index (χ2n) is 8.23. The number of benzene rings is 1. The smallest absolute Gasteiger partial charge is 0.323 e. The fourth-order valence-corrected chi connectivity index (χ4v) is 5.52. The predicted molar refractivity (Wildman–Crippen MR) is 126 cm³/mol. The monoisotopic (exact) mass is 481 g/mol. The number of sulfonamides is 1. The lowest BCUT2D eigenvalue weighted by Gasteiger charge is -2.27. The molecule has 0 saturated heterocycles. The van der Waals surface area contributed by atoms with Crippen LogP contribution in [0.3, 0.4) is 0 Å². The summed E-state index contributed by atoms with van der Waals surface area (Å²) in [7, 11) is -4.01. The molecule has 0 spiro atoms. The van der Waals surface area contributed by atoms with E-state index in [0.29, 0.717) is 19.3 Å². The highest BCUT2D eigenvalue weighted by molar-refractivity contribution is 7.89. The number of nitrogens with zero attached hydrogens (tertiary/aromatic N) is 2. The van der Waals surface area contributed by atoms with Crippen LogP contribution in [0.2, 0.25) is 0 Å². The maximum Gasteiger partial charge on any atom is 0.323 e. The Morgan fingerprint density at radius 3 is 2.61 bits per heavy atom. The van der Waals surface area contributed by atoms with Gasteiger partial charge in [0.15, 0.2) is 5.96 Å². The molecular weight excluding hydrogens is 446 g/mol. The molecule has 11 heteroatoms. The number of carbonyl (C=O) groups is 2. The molecule has 0 radical (unpaired) electrons. The maximum atomic E-state index is 13.4. The Hall–Kier alpha value is -2.66. The summed E-state index contributed by atoms with van der Waals surface area (Å²) < 4.78 is 29.3. The number of aryl methyl sites for hydroxylation is 1. The Morgan fingerprint density at radius 1 is 1.21 bits per heavy atom. The number of fused-ring (bicyclic) bond motifs is 1. The van der Waals surface area contributed by atoms with Crippen LogP contribution in [0.4, 0.5) is 0 Å². The minimum absolute atomic E-state index is 0.0928. The van der Waals surface area contributed by atoms with Crippen molar-refractivity contribution in [2.45, 2.75) is 69.2 Å². The zero-order valence-electron chi connectivity index (χ0n) is 19.1. The van der Waals surface area contributed by atoms with E-state index in [1.807, 2.05) is 13.0 Å². The molecule has 1 atom stereocenters. The van der Waals surface area contributed by atoms with Crippen LogP contribution in [-0.2, 0) is 32.5 Å². The van der Waals surface area contributed by atoms with Gasteiger partial charge in [-0.2, -0.15) is 4.72 Å². The zero-order chi connectivity index (χ0) is 24.4. The molecule has 1 aliphatic carbocycles. The number of unbranched alkanes of at least 4 members (excludes halogenated alkanes) is 1. The van der Waals surface area contributed by atoms with Gasteiger partial charge in [0.05, 0.1) is 4.90 Å². The van der Waals surface area contributed by atoms with Gasteiger partial charge in [0, 0.05) is 13.1 Å². The van der Waals surface area contributed by atoms with E-state index in [4.69, 9.17) is 11.5 Å². The third-order valence-corrected chi connectivity index (χ3v) is 7.16. The second kappa shape index (κ2) is 12.5. The first kappa shape index (κ1) is 26.6. The van der Waals surface area contributed by atoms with E-state index in [2.05, 4.69) is 9.71 Å². The molecule has 0 aliphatic heterocycles. The SMILES string of the molecule is CCCCN(CC(=O)O)C(=O)C(CCCN=C(N)N)NS(=O)(=O)c1cccc2c1CCCC2. The molecule has 6 N–H and O–H groups in total. The Balaban J connectivity index is 2.31. The summed E-state index contributed by atoms with van der Waals surface area (Å²) in [4.78, 5) is 29.8. The number of carboxylic acids is 1. The fourth-order valence-electron chi connectivity index (χ4n) is 3.99. The van der Waals surface area contributed by atoms with Crippen LogP contribution in [0, 0.1) is 0 Å². The summed E-state index contributed by atoms with van der Waals surface area (Å²) in [6.45, 7) is 1.89. The summed E-state index contributed by atoms with van der Waals surface area (Å²) in [5, 5.41) is 9.25. The quantitative estimate of drug-likeness (QED) is 0.185. The fraction of sp³-hybridized carbons (Fsp3) is 0.591. The summed E-state index contributed by atoms with van der Waals surface area (Å²) in [6.07, 6.45) is 5.25. The lowest BCUT2D eigenvalue weighted by atomic mass is 9.92. The highest BCUT2D eigenvalue weighted by Gasteiger charge is 2.31. The van der Waals surface area contributed by atoms with Crippen molar-refractivity contribution in [3.63, 3.8) is 0 Å². The highest BCUT2D eigenvalue weighted by atomic mass is 32.2. The molecule has 0 saturated carbocycles. The molecule has 1 amide bonds. The van der Waals surface area contributed by atoms with Crippen molar-refractivity contribution in [2.24, 2.45) is 16.5 Å². The minimum Gasteiger partial charge on any atom is -0.480 e. The normalized spacial score (nSPS) is 14.2. The van der Waals surface area contributed by atoms with Gasteiger partial charge in [0.1, 0.15) is 12.6 Å². The maximum absolute atomic E-state index is 13.4. The second-order valence-corrected chi connectivity index (χ2v) is 9.91. The third kappa shape index (κ3) is 8.01. The number of hydrogen-bond donors (Lipinski definition) is 4. The van der Waals surface area contributed by atoms with Crippen LogP contribution >= 0.6 is 0 Å². The van der Waals surface area contributed by atoms with Crippen LogP contribution in [0.5, 0.6) is 0 Å². The molecule has 1 aromatic rings. The molecule has 2 rings (SSSR count). The van der Waals surface area contributed by atoms with E-state index in [9.17, 15) is 23.1 Å². The molecule has 0 bridgehead atoms. The predicted octanol–water partition coefficient (Wildman–Crippen LogP) is 0.979. The number of hydrogen-bond acceptors (Lipinski definition) is 5. The van der Waals surface area contributed by atoms with Crippen molar-refractivity contribution in [1.29, 1.82) is 0 Å². The molecule has 0 aromatic heterocycles. The van der Waals surface area contributed by atoms with Gasteiger partial charge in [-0.3, -0.25) is 14.6 Å². The van der Waals surface area contributed by atoms with Crippen molar-refractivity contribution >= 4 is 27.9 Å². The zero-order valence-corrected chi connectivity index (χ0v) is 19.9. The molecule has 1 unspecified atom stereocenters. The Morgan fingerprint density at radius 2 is 1.94 bits per heavy atom. The first-order chi connectivity index (χ1) is 15.7. The molecule has 10 nitrogen and oxygen atoms in total. The first-order valence-electron chi connectivity index (χ1n) is 11.3. The van der Waals surface area contributed by atoms with Gasteiger partial charge in [-0.25, -0.2) is 8.42 Å². The van der Waals surface area contributed by atoms with E-state index >= 15 is 0 Å². The first-order valence-corrected chi connectivity index (χ1v) is 12.8. The van der Waals surface area contributed by atoms with Crippen LogP contribution in [0.25, 0.3) is 0 Å². The number of nitrogens with two attached hydrogens (primary N) is 2. The number of aliphatic imine (C=N–C) groups is 1. The molecule has 1 aromatic carbocycles. The van der Waals surface area contributed by atoms with Crippen LogP contribution < -0.4 is 16.2 Å². The van der Waals surface area contributed by atoms with Crippen molar-refractivity contribution in [3.05, 3.63) is 29.3 Å². The number of carbonyl (C=O) groups excluding carboxylic acids is 1. The standard InChI is InChI=1S/C22H35N5O5S/c1-2-3-14-27(15-20(28)29)21(30)18(11-7-13-25-22(23)24)26-33(31,32)19-12-6-9-16-8-4-5-10-17(16)19/h6,9,12,18,26H,2-5,7-8,10-11,13-15H2,1H3,(H,28,29)(H4,23,24,25). The third-order valence-electron chi connectivity index (χ3n) is 5.60. The summed E-state index contributed by atoms with van der Waals surface area (Å²) in [6, 6.07) is 4.08. The van der Waals surface area contributed by atoms with E-state index in [0.717, 1.165) is 36.8 Å². The molecule has 0 fully saturated rings. The van der Waals surface area contributed by atoms with Crippen molar-refractivity contribution in [3.8, 4) is 0 Å². The van der Waals surface area contributed by atoms with Crippen molar-refractivity contribution in [1.82, 2.24) is 9.62 Å². The Labute approximate surface area is 195 Å². The van der Waals surface area contributed by atoms with Gasteiger partial charge in [0.2, 0.25) is 15.9 Å². The van der Waals surface area contributed by atoms with Gasteiger partial charge in [-0.05, 0) is 62.1 Å². The number of aliphatic carboxylic acids is 1. The molecule has 1 aliphatic rings. The van der Waals surface area contributed by atoms with E-state index < -0.39 is 34.5 Å². The van der Waals surface area contributed by atoms with Gasteiger partial charge >= 0.3 is 5.97 Å². The van der Waals surface area contributed by atoms with Gasteiger partial charge in [0.25, 0.3) is 0 Å². The van der Waals surface area contributed by atoms with Crippen molar-refractivity contribution < 1.29 is 23.1 Å². The minimum atomic E-state index is -4.01. The number of carboxylic acid groups (broad SMARTS) is 1. The largest absolute Gasteiger partial charge is 0.480 e. The van der Waals surface area contributed by atoms with Crippen LogP contribution in [0.1, 0.15) is 56.6 Å². The molecule has 184 valence electrons. The topological polar surface area (TPSA) is 168 Å². The van der Waals surface area contributed by atoms with E-state index in [1.165, 1.54) is 4.90 Å². The summed E-state index contributed by atoms with van der Waals surface area (Å²) in [5.74, 6) is -1.81. The number of rotatable bonds is 13. The van der Waals surface area contributed by atoms with Gasteiger partial charge < -0.3 is 21.5 Å². The summed E-state index contributed by atoms with van der Waals surface area (Å²) >= 11 is 0. The number of guanidine groups is 1. The summed E-state index contributed by atoms with van der Waals surface area (Å²) in [5.41, 5.74) is 12.5. The molecule has 33 heavy (non-hydrogen) atoms. The number of nitrogens with one attached hydrogen (secondary N) is 1. The Kier molecular flexibility index (Phi) is 10.1. The Bertz CT molecular complexity index is 960. The molecule has 0 heterocycles. The van der Waals surface area contributed by atoms with Gasteiger partial charge in [-0.15, -0.1) is 0 Å². The average molecular weight is 482 g/mol. The van der Waals surface area contributed by atoms with Gasteiger partial charge in [-0.1, -0.05) is 25.5 Å². The van der Waals surface area contributed by atoms with Crippen LogP contribution in [0.15, 0.2) is 28.1 Å². The lowest BCUT2D eigenvalue weighted by Crippen LogP contribution is -2.50.